The maximum absolute atomic E-state index is 5.34. The predicted molar refractivity (Wildman–Crippen MR) is 178 cm³/mol. The number of hydrogen-bond donors (Lipinski definition) is 0. The molecule has 0 atom stereocenters. The van der Waals surface area contributed by atoms with E-state index in [2.05, 4.69) is 143 Å². The van der Waals surface area contributed by atoms with Crippen LogP contribution in [0.3, 0.4) is 0 Å². The molecule has 10 rings (SSSR count). The van der Waals surface area contributed by atoms with E-state index in [9.17, 15) is 0 Å². The normalized spacial score (nSPS) is 12.6. The molecular weight excluding hydrogens is 545 g/mol. The number of hydrogen-bond acceptors (Lipinski definition) is 3. The minimum atomic E-state index is 0.687. The molecule has 3 aromatic heterocycles. The fourth-order valence-corrected chi connectivity index (χ4v) is 8.08. The molecule has 0 bridgehead atoms. The largest absolute Gasteiger partial charge is 0.309 e. The Hall–Kier alpha value is -5.39. The Labute approximate surface area is 250 Å². The Morgan fingerprint density at radius 3 is 1.84 bits per heavy atom. The third-order valence-corrected chi connectivity index (χ3v) is 9.87. The summed E-state index contributed by atoms with van der Waals surface area (Å²) < 4.78 is 4.66. The summed E-state index contributed by atoms with van der Waals surface area (Å²) in [5, 5.41) is 6.00. The summed E-state index contributed by atoms with van der Waals surface area (Å²) in [6.45, 7) is 0. The minimum absolute atomic E-state index is 0.687. The number of para-hydroxylation sites is 3. The Morgan fingerprint density at radius 1 is 0.442 bits per heavy atom. The van der Waals surface area contributed by atoms with Crippen molar-refractivity contribution in [2.75, 3.05) is 0 Å². The topological polar surface area (TPSA) is 35.6 Å². The Kier molecular flexibility index (Phi) is 4.62. The lowest BCUT2D eigenvalue weighted by molar-refractivity contribution is 1.01. The molecule has 200 valence electrons. The van der Waals surface area contributed by atoms with E-state index in [0.29, 0.717) is 5.95 Å². The zero-order valence-electron chi connectivity index (χ0n) is 22.9. The molecule has 4 nitrogen and oxygen atoms in total. The third-order valence-electron chi connectivity index (χ3n) is 8.73. The predicted octanol–water partition coefficient (Wildman–Crippen LogP) is 9.96. The summed E-state index contributed by atoms with van der Waals surface area (Å²) in [6.07, 6.45) is 0. The van der Waals surface area contributed by atoms with Gasteiger partial charge in [0.1, 0.15) is 0 Å². The first kappa shape index (κ1) is 23.2. The molecule has 5 heteroatoms. The fourth-order valence-electron chi connectivity index (χ4n) is 6.97. The van der Waals surface area contributed by atoms with Gasteiger partial charge < -0.3 is 4.57 Å². The van der Waals surface area contributed by atoms with E-state index in [1.165, 1.54) is 42.4 Å². The first-order valence-electron chi connectivity index (χ1n) is 14.4. The molecule has 0 fully saturated rings. The highest BCUT2D eigenvalue weighted by Crippen LogP contribution is 2.47. The highest BCUT2D eigenvalue weighted by Gasteiger charge is 2.24. The van der Waals surface area contributed by atoms with Crippen molar-refractivity contribution in [2.45, 2.75) is 9.79 Å². The molecule has 9 aromatic rings. The van der Waals surface area contributed by atoms with Crippen LogP contribution in [0.2, 0.25) is 0 Å². The first-order valence-corrected chi connectivity index (χ1v) is 15.3. The zero-order chi connectivity index (χ0) is 28.1. The summed E-state index contributed by atoms with van der Waals surface area (Å²) in [5.74, 6) is 0.687. The number of rotatable bonds is 2. The highest BCUT2D eigenvalue weighted by molar-refractivity contribution is 7.99. The minimum Gasteiger partial charge on any atom is -0.309 e. The second kappa shape index (κ2) is 8.57. The lowest BCUT2D eigenvalue weighted by Gasteiger charge is -2.20. The van der Waals surface area contributed by atoms with E-state index in [0.717, 1.165) is 38.9 Å². The van der Waals surface area contributed by atoms with E-state index in [-0.39, 0.29) is 0 Å². The molecule has 1 aliphatic rings. The highest BCUT2D eigenvalue weighted by atomic mass is 32.2. The Balaban J connectivity index is 1.34. The summed E-state index contributed by atoms with van der Waals surface area (Å²) >= 11 is 1.80. The molecule has 4 heterocycles. The van der Waals surface area contributed by atoms with Gasteiger partial charge in [0.25, 0.3) is 0 Å². The lowest BCUT2D eigenvalue weighted by Crippen LogP contribution is -2.05. The molecule has 0 spiro atoms. The van der Waals surface area contributed by atoms with Gasteiger partial charge >= 0.3 is 0 Å². The van der Waals surface area contributed by atoms with Gasteiger partial charge in [0.15, 0.2) is 0 Å². The average molecular weight is 567 g/mol. The first-order chi connectivity index (χ1) is 21.3. The van der Waals surface area contributed by atoms with Crippen molar-refractivity contribution >= 4 is 66.3 Å². The second-order valence-corrected chi connectivity index (χ2v) is 12.1. The van der Waals surface area contributed by atoms with Crippen molar-refractivity contribution in [3.8, 4) is 22.9 Å². The summed E-state index contributed by atoms with van der Waals surface area (Å²) in [5.41, 5.74) is 8.83. The van der Waals surface area contributed by atoms with Crippen molar-refractivity contribution in [3.63, 3.8) is 0 Å². The number of nitrogens with zero attached hydrogens (tertiary/aromatic N) is 4. The maximum Gasteiger partial charge on any atom is 0.235 e. The van der Waals surface area contributed by atoms with Gasteiger partial charge in [-0.25, -0.2) is 9.97 Å². The van der Waals surface area contributed by atoms with Crippen LogP contribution < -0.4 is 0 Å². The lowest BCUT2D eigenvalue weighted by atomic mass is 10.1. The number of fused-ring (bicyclic) bond motifs is 8. The SMILES string of the molecule is c1ccc2c(c1)Sc1cccc3nc(-n4c5ccccc5c5c(-n6c7ccccc7c7ccccc76)cccc54)nc-2c13. The second-order valence-electron chi connectivity index (χ2n) is 11.0. The van der Waals surface area contributed by atoms with Gasteiger partial charge in [-0.3, -0.25) is 4.57 Å². The van der Waals surface area contributed by atoms with Gasteiger partial charge in [-0.05, 0) is 48.5 Å². The van der Waals surface area contributed by atoms with Crippen LogP contribution in [0.15, 0.2) is 143 Å². The van der Waals surface area contributed by atoms with Crippen LogP contribution in [0.1, 0.15) is 0 Å². The van der Waals surface area contributed by atoms with E-state index in [1.807, 2.05) is 0 Å². The zero-order valence-corrected chi connectivity index (χ0v) is 23.7. The van der Waals surface area contributed by atoms with E-state index in [1.54, 1.807) is 11.8 Å². The molecule has 0 radical (unpaired) electrons. The summed E-state index contributed by atoms with van der Waals surface area (Å²) in [4.78, 5) is 13.0. The third kappa shape index (κ3) is 3.12. The van der Waals surface area contributed by atoms with Crippen LogP contribution in [0, 0.1) is 0 Å². The van der Waals surface area contributed by atoms with Gasteiger partial charge in [0.05, 0.1) is 39.0 Å². The Bertz CT molecular complexity index is 2560. The van der Waals surface area contributed by atoms with Gasteiger partial charge in [-0.1, -0.05) is 96.7 Å². The molecule has 1 aliphatic heterocycles. The summed E-state index contributed by atoms with van der Waals surface area (Å²) in [7, 11) is 0. The van der Waals surface area contributed by atoms with Gasteiger partial charge in [0, 0.05) is 42.3 Å². The average Bonchev–Trinajstić information content (AvgIpc) is 3.58. The van der Waals surface area contributed by atoms with E-state index < -0.39 is 0 Å². The van der Waals surface area contributed by atoms with Crippen LogP contribution in [-0.4, -0.2) is 19.1 Å². The molecule has 0 saturated carbocycles. The van der Waals surface area contributed by atoms with Gasteiger partial charge in [0.2, 0.25) is 5.95 Å². The van der Waals surface area contributed by atoms with Crippen LogP contribution in [0.5, 0.6) is 0 Å². The number of aromatic nitrogens is 4. The molecule has 6 aromatic carbocycles. The van der Waals surface area contributed by atoms with Crippen molar-refractivity contribution in [1.29, 1.82) is 0 Å². The molecule has 0 aliphatic carbocycles. The maximum atomic E-state index is 5.34. The van der Waals surface area contributed by atoms with Crippen molar-refractivity contribution in [2.24, 2.45) is 0 Å². The monoisotopic (exact) mass is 566 g/mol. The molecule has 43 heavy (non-hydrogen) atoms. The fraction of sp³-hybridized carbons (Fsp3) is 0. The Morgan fingerprint density at radius 2 is 1.05 bits per heavy atom. The van der Waals surface area contributed by atoms with Crippen LogP contribution >= 0.6 is 11.8 Å². The van der Waals surface area contributed by atoms with E-state index in [4.69, 9.17) is 9.97 Å². The molecular formula is C38H22N4S. The van der Waals surface area contributed by atoms with Crippen molar-refractivity contribution in [3.05, 3.63) is 133 Å². The van der Waals surface area contributed by atoms with Gasteiger partial charge in [-0.15, -0.1) is 0 Å². The van der Waals surface area contributed by atoms with Gasteiger partial charge in [-0.2, -0.15) is 0 Å². The smallest absolute Gasteiger partial charge is 0.235 e. The molecule has 0 saturated heterocycles. The quantitative estimate of drug-likeness (QED) is 0.209. The van der Waals surface area contributed by atoms with Crippen LogP contribution in [0.4, 0.5) is 0 Å². The standard InChI is InChI=1S/C38H22N4S/c1-5-16-28-23(11-1)24-12-2-6-17-29(24)41(28)31-19-10-20-32-35(31)25-13-3-7-18-30(25)42(32)38-39-27-15-9-22-34-36(27)37(40-38)26-14-4-8-21-33(26)43-34/h1-22H. The van der Waals surface area contributed by atoms with Crippen LogP contribution in [-0.2, 0) is 0 Å². The van der Waals surface area contributed by atoms with E-state index >= 15 is 0 Å². The van der Waals surface area contributed by atoms with Crippen molar-refractivity contribution < 1.29 is 0 Å². The van der Waals surface area contributed by atoms with Crippen LogP contribution in [0.25, 0.3) is 77.4 Å². The number of benzene rings is 6. The molecule has 0 amide bonds. The summed E-state index contributed by atoms with van der Waals surface area (Å²) in [6, 6.07) is 47.5. The molecule has 0 unspecified atom stereocenters. The van der Waals surface area contributed by atoms with Crippen molar-refractivity contribution in [1.82, 2.24) is 19.1 Å². The molecule has 0 N–H and O–H groups in total.